The van der Waals surface area contributed by atoms with Crippen molar-refractivity contribution in [3.63, 3.8) is 0 Å². The van der Waals surface area contributed by atoms with Crippen molar-refractivity contribution in [2.75, 3.05) is 0 Å². The highest BCUT2D eigenvalue weighted by molar-refractivity contribution is 5.61. The van der Waals surface area contributed by atoms with E-state index < -0.39 is 0 Å². The van der Waals surface area contributed by atoms with Gasteiger partial charge in [-0.2, -0.15) is 10.2 Å². The lowest BCUT2D eigenvalue weighted by molar-refractivity contribution is 0.775. The largest absolute Gasteiger partial charge is 0.235 e. The van der Waals surface area contributed by atoms with Gasteiger partial charge < -0.3 is 0 Å². The van der Waals surface area contributed by atoms with E-state index >= 15 is 0 Å². The minimum atomic E-state index is 0.396. The molecule has 0 N–H and O–H groups in total. The zero-order valence-electron chi connectivity index (χ0n) is 11.6. The minimum Gasteiger partial charge on any atom is -0.235 e. The van der Waals surface area contributed by atoms with E-state index in [2.05, 4.69) is 35.1 Å². The first-order chi connectivity index (χ1) is 9.06. The van der Waals surface area contributed by atoms with Crippen molar-refractivity contribution in [3.05, 3.63) is 41.6 Å². The fourth-order valence-corrected chi connectivity index (χ4v) is 2.22. The van der Waals surface area contributed by atoms with E-state index in [1.165, 1.54) is 0 Å². The third kappa shape index (κ3) is 1.91. The van der Waals surface area contributed by atoms with Crippen molar-refractivity contribution >= 4 is 5.52 Å². The second kappa shape index (κ2) is 4.19. The van der Waals surface area contributed by atoms with Gasteiger partial charge in [0.15, 0.2) is 5.82 Å². The molecule has 3 heterocycles. The smallest absolute Gasteiger partial charge is 0.179 e. The monoisotopic (exact) mass is 255 g/mol. The van der Waals surface area contributed by atoms with Crippen LogP contribution < -0.4 is 0 Å². The maximum Gasteiger partial charge on any atom is 0.179 e. The van der Waals surface area contributed by atoms with Crippen LogP contribution in [0.15, 0.2) is 24.5 Å². The summed E-state index contributed by atoms with van der Waals surface area (Å²) in [5, 5.41) is 9.07. The highest BCUT2D eigenvalue weighted by atomic mass is 15.3. The molecule has 0 aliphatic carbocycles. The Labute approximate surface area is 111 Å². The molecule has 5 nitrogen and oxygen atoms in total. The first-order valence-electron chi connectivity index (χ1n) is 6.44. The molecule has 3 rings (SSSR count). The molecule has 0 unspecified atom stereocenters. The second-order valence-corrected chi connectivity index (χ2v) is 5.14. The van der Waals surface area contributed by atoms with E-state index in [9.17, 15) is 0 Å². The molecule has 0 aromatic carbocycles. The molecule has 0 saturated heterocycles. The standard InChI is InChI=1S/C14H17N5/c1-9(2)12-8-13-14(15-5-6-18(13)17-12)19-11(4)7-10(3)16-19/h5-9H,1-4H3. The van der Waals surface area contributed by atoms with Gasteiger partial charge in [0.1, 0.15) is 5.52 Å². The predicted octanol–water partition coefficient (Wildman–Crippen LogP) is 2.66. The Morgan fingerprint density at radius 2 is 1.89 bits per heavy atom. The average molecular weight is 255 g/mol. The molecule has 0 bridgehead atoms. The fraction of sp³-hybridized carbons (Fsp3) is 0.357. The van der Waals surface area contributed by atoms with Crippen LogP contribution >= 0.6 is 0 Å². The maximum atomic E-state index is 4.57. The first kappa shape index (κ1) is 11.9. The highest BCUT2D eigenvalue weighted by Gasteiger charge is 2.13. The van der Waals surface area contributed by atoms with Crippen molar-refractivity contribution in [1.29, 1.82) is 0 Å². The Kier molecular flexibility index (Phi) is 2.62. The van der Waals surface area contributed by atoms with Crippen LogP contribution in [-0.2, 0) is 0 Å². The van der Waals surface area contributed by atoms with Gasteiger partial charge in [0.25, 0.3) is 0 Å². The third-order valence-electron chi connectivity index (χ3n) is 3.19. The third-order valence-corrected chi connectivity index (χ3v) is 3.19. The lowest BCUT2D eigenvalue weighted by Crippen LogP contribution is -2.04. The normalized spacial score (nSPS) is 11.6. The zero-order valence-corrected chi connectivity index (χ0v) is 11.6. The molecule has 0 saturated carbocycles. The Hall–Kier alpha value is -2.17. The van der Waals surface area contributed by atoms with Gasteiger partial charge in [-0.05, 0) is 31.9 Å². The Morgan fingerprint density at radius 1 is 1.11 bits per heavy atom. The predicted molar refractivity (Wildman–Crippen MR) is 73.7 cm³/mol. The van der Waals surface area contributed by atoms with E-state index in [0.29, 0.717) is 5.92 Å². The number of aryl methyl sites for hydroxylation is 2. The van der Waals surface area contributed by atoms with Gasteiger partial charge in [-0.25, -0.2) is 14.2 Å². The lowest BCUT2D eigenvalue weighted by Gasteiger charge is -2.04. The van der Waals surface area contributed by atoms with E-state index in [1.807, 2.05) is 35.3 Å². The molecule has 0 amide bonds. The molecular weight excluding hydrogens is 238 g/mol. The van der Waals surface area contributed by atoms with E-state index in [4.69, 9.17) is 0 Å². The summed E-state index contributed by atoms with van der Waals surface area (Å²) in [6, 6.07) is 4.13. The number of hydrogen-bond acceptors (Lipinski definition) is 3. The summed E-state index contributed by atoms with van der Waals surface area (Å²) in [5.41, 5.74) is 4.11. The number of hydrogen-bond donors (Lipinski definition) is 0. The number of nitrogens with zero attached hydrogens (tertiary/aromatic N) is 5. The number of fused-ring (bicyclic) bond motifs is 1. The summed E-state index contributed by atoms with van der Waals surface area (Å²) in [6.45, 7) is 8.29. The van der Waals surface area contributed by atoms with Crippen LogP contribution in [0, 0.1) is 13.8 Å². The molecule has 19 heavy (non-hydrogen) atoms. The van der Waals surface area contributed by atoms with Crippen LogP contribution in [0.1, 0.15) is 36.8 Å². The molecule has 5 heteroatoms. The quantitative estimate of drug-likeness (QED) is 0.707. The molecular formula is C14H17N5. The van der Waals surface area contributed by atoms with Gasteiger partial charge in [0.2, 0.25) is 0 Å². The van der Waals surface area contributed by atoms with Crippen LogP contribution in [0.2, 0.25) is 0 Å². The van der Waals surface area contributed by atoms with E-state index in [-0.39, 0.29) is 0 Å². The number of aromatic nitrogens is 5. The first-order valence-corrected chi connectivity index (χ1v) is 6.44. The summed E-state index contributed by atoms with van der Waals surface area (Å²) in [7, 11) is 0. The molecule has 0 aliphatic rings. The van der Waals surface area contributed by atoms with Crippen LogP contribution in [0.25, 0.3) is 11.3 Å². The molecule has 0 fully saturated rings. The van der Waals surface area contributed by atoms with Gasteiger partial charge in [-0.15, -0.1) is 0 Å². The van der Waals surface area contributed by atoms with E-state index in [0.717, 1.165) is 28.4 Å². The minimum absolute atomic E-state index is 0.396. The van der Waals surface area contributed by atoms with Crippen molar-refractivity contribution in [2.45, 2.75) is 33.6 Å². The Bertz CT molecular complexity index is 735. The van der Waals surface area contributed by atoms with Crippen molar-refractivity contribution in [2.24, 2.45) is 0 Å². The molecule has 0 atom stereocenters. The van der Waals surface area contributed by atoms with Crippen molar-refractivity contribution in [1.82, 2.24) is 24.4 Å². The second-order valence-electron chi connectivity index (χ2n) is 5.14. The molecule has 98 valence electrons. The Morgan fingerprint density at radius 3 is 2.53 bits per heavy atom. The summed E-state index contributed by atoms with van der Waals surface area (Å²) in [4.78, 5) is 4.46. The van der Waals surface area contributed by atoms with Gasteiger partial charge in [-0.1, -0.05) is 13.8 Å². The fourth-order valence-electron chi connectivity index (χ4n) is 2.22. The Balaban J connectivity index is 2.26. The lowest BCUT2D eigenvalue weighted by atomic mass is 10.1. The van der Waals surface area contributed by atoms with Gasteiger partial charge in [-0.3, -0.25) is 0 Å². The maximum absolute atomic E-state index is 4.57. The molecule has 3 aromatic rings. The van der Waals surface area contributed by atoms with Crippen LogP contribution in [0.5, 0.6) is 0 Å². The van der Waals surface area contributed by atoms with Gasteiger partial charge in [0, 0.05) is 18.1 Å². The van der Waals surface area contributed by atoms with Crippen molar-refractivity contribution < 1.29 is 0 Å². The summed E-state index contributed by atoms with van der Waals surface area (Å²) >= 11 is 0. The topological polar surface area (TPSA) is 48.0 Å². The molecule has 0 spiro atoms. The van der Waals surface area contributed by atoms with Crippen LogP contribution in [0.3, 0.4) is 0 Å². The number of rotatable bonds is 2. The van der Waals surface area contributed by atoms with Crippen LogP contribution in [-0.4, -0.2) is 24.4 Å². The highest BCUT2D eigenvalue weighted by Crippen LogP contribution is 2.20. The van der Waals surface area contributed by atoms with Gasteiger partial charge >= 0.3 is 0 Å². The average Bonchev–Trinajstić information content (AvgIpc) is 2.92. The summed E-state index contributed by atoms with van der Waals surface area (Å²) in [5.74, 6) is 1.22. The SMILES string of the molecule is Cc1cc(C)n(-c2nccn3nc(C(C)C)cc23)n1. The molecule has 0 radical (unpaired) electrons. The van der Waals surface area contributed by atoms with Crippen molar-refractivity contribution in [3.8, 4) is 5.82 Å². The van der Waals surface area contributed by atoms with Crippen LogP contribution in [0.4, 0.5) is 0 Å². The molecule has 0 aliphatic heterocycles. The van der Waals surface area contributed by atoms with Gasteiger partial charge in [0.05, 0.1) is 11.4 Å². The van der Waals surface area contributed by atoms with E-state index in [1.54, 1.807) is 6.20 Å². The summed E-state index contributed by atoms with van der Waals surface area (Å²) < 4.78 is 3.74. The molecule has 3 aromatic heterocycles. The zero-order chi connectivity index (χ0) is 13.6. The summed E-state index contributed by atoms with van der Waals surface area (Å²) in [6.07, 6.45) is 3.63.